The van der Waals surface area contributed by atoms with Crippen LogP contribution in [0.1, 0.15) is 6.42 Å². The van der Waals surface area contributed by atoms with E-state index in [-0.39, 0.29) is 0 Å². The molecule has 0 bridgehead atoms. The lowest BCUT2D eigenvalue weighted by Gasteiger charge is -2.08. The molecule has 0 fully saturated rings. The maximum atomic E-state index is 6.02. The minimum Gasteiger partial charge on any atom is -0.310 e. The molecule has 5 heteroatoms. The van der Waals surface area contributed by atoms with Crippen molar-refractivity contribution in [3.63, 3.8) is 0 Å². The molecule has 2 aromatic carbocycles. The third kappa shape index (κ3) is 2.50. The monoisotopic (exact) mass is 343 g/mol. The molecule has 0 N–H and O–H groups in total. The number of hydrogen-bond acceptors (Lipinski definition) is 1. The molecule has 116 valence electrons. The highest BCUT2D eigenvalue weighted by Gasteiger charge is 2.15. The number of halogens is 2. The average Bonchev–Trinajstić information content (AvgIpc) is 3.10. The number of aryl methyl sites for hydroxylation is 1. The Kier molecular flexibility index (Phi) is 3.76. The first kappa shape index (κ1) is 14.6. The number of fused-ring (bicyclic) bond motifs is 3. The summed E-state index contributed by atoms with van der Waals surface area (Å²) in [5.74, 6) is 1.58. The second kappa shape index (κ2) is 5.91. The van der Waals surface area contributed by atoms with Gasteiger partial charge in [0, 0.05) is 23.6 Å². The van der Waals surface area contributed by atoms with Gasteiger partial charge in [0.2, 0.25) is 5.78 Å². The number of imidazole rings is 2. The van der Waals surface area contributed by atoms with Crippen LogP contribution in [0.25, 0.3) is 28.1 Å². The maximum absolute atomic E-state index is 6.02. The molecule has 0 radical (unpaired) electrons. The second-order valence-electron chi connectivity index (χ2n) is 5.49. The second-order valence-corrected chi connectivity index (χ2v) is 6.30. The third-order valence-electron chi connectivity index (χ3n) is 4.02. The molecule has 4 aromatic rings. The van der Waals surface area contributed by atoms with Gasteiger partial charge in [0.05, 0.1) is 16.7 Å². The number of nitrogens with zero attached hydrogens (tertiary/aromatic N) is 3. The van der Waals surface area contributed by atoms with E-state index >= 15 is 0 Å². The summed E-state index contributed by atoms with van der Waals surface area (Å²) in [6, 6.07) is 16.1. The van der Waals surface area contributed by atoms with Crippen LogP contribution < -0.4 is 0 Å². The van der Waals surface area contributed by atoms with Crippen LogP contribution in [-0.2, 0) is 6.54 Å². The molecular weight excluding hydrogens is 329 g/mol. The van der Waals surface area contributed by atoms with Gasteiger partial charge < -0.3 is 4.57 Å². The Balaban J connectivity index is 1.96. The van der Waals surface area contributed by atoms with Crippen molar-refractivity contribution in [2.24, 2.45) is 0 Å². The van der Waals surface area contributed by atoms with Crippen LogP contribution in [0.15, 0.2) is 54.7 Å². The van der Waals surface area contributed by atoms with E-state index in [1.807, 2.05) is 42.5 Å². The summed E-state index contributed by atoms with van der Waals surface area (Å²) in [6.45, 7) is 0.835. The SMILES string of the molecule is ClCCCn1c(-c2ccc(Cl)cc2)cn2c3ccccc3nc12. The van der Waals surface area contributed by atoms with Crippen molar-refractivity contribution in [2.75, 3.05) is 5.88 Å². The normalized spacial score (nSPS) is 11.6. The van der Waals surface area contributed by atoms with Gasteiger partial charge in [-0.25, -0.2) is 4.98 Å². The number of hydrogen-bond donors (Lipinski definition) is 0. The third-order valence-corrected chi connectivity index (χ3v) is 4.54. The Hall–Kier alpha value is -1.97. The fourth-order valence-corrected chi connectivity index (χ4v) is 3.18. The maximum Gasteiger partial charge on any atom is 0.215 e. The molecule has 0 saturated carbocycles. The highest BCUT2D eigenvalue weighted by atomic mass is 35.5. The van der Waals surface area contributed by atoms with E-state index < -0.39 is 0 Å². The van der Waals surface area contributed by atoms with Crippen molar-refractivity contribution in [3.05, 3.63) is 59.8 Å². The van der Waals surface area contributed by atoms with Crippen molar-refractivity contribution in [3.8, 4) is 11.3 Å². The number of benzene rings is 2. The number of aromatic nitrogens is 3. The smallest absolute Gasteiger partial charge is 0.215 e. The summed E-state index contributed by atoms with van der Waals surface area (Å²) < 4.78 is 4.37. The summed E-state index contributed by atoms with van der Waals surface area (Å²) in [7, 11) is 0. The van der Waals surface area contributed by atoms with Crippen LogP contribution in [0.3, 0.4) is 0 Å². The van der Waals surface area contributed by atoms with Crippen LogP contribution in [0.5, 0.6) is 0 Å². The molecule has 0 aliphatic carbocycles. The van der Waals surface area contributed by atoms with Crippen LogP contribution in [0, 0.1) is 0 Å². The first-order valence-electron chi connectivity index (χ1n) is 7.56. The van der Waals surface area contributed by atoms with E-state index in [4.69, 9.17) is 28.2 Å². The lowest BCUT2D eigenvalue weighted by molar-refractivity contribution is 0.704. The van der Waals surface area contributed by atoms with E-state index in [2.05, 4.69) is 21.2 Å². The van der Waals surface area contributed by atoms with Crippen LogP contribution in [0.4, 0.5) is 0 Å². The van der Waals surface area contributed by atoms with Gasteiger partial charge in [-0.3, -0.25) is 4.40 Å². The zero-order valence-electron chi connectivity index (χ0n) is 12.4. The number of para-hydroxylation sites is 2. The van der Waals surface area contributed by atoms with Gasteiger partial charge in [0.1, 0.15) is 0 Å². The van der Waals surface area contributed by atoms with Crippen molar-refractivity contribution < 1.29 is 0 Å². The van der Waals surface area contributed by atoms with Crippen molar-refractivity contribution in [2.45, 2.75) is 13.0 Å². The van der Waals surface area contributed by atoms with Crippen LogP contribution in [0.2, 0.25) is 5.02 Å². The highest BCUT2D eigenvalue weighted by molar-refractivity contribution is 6.30. The molecule has 3 nitrogen and oxygen atoms in total. The summed E-state index contributed by atoms with van der Waals surface area (Å²) >= 11 is 11.9. The van der Waals surface area contributed by atoms with Crippen LogP contribution in [-0.4, -0.2) is 19.8 Å². The highest BCUT2D eigenvalue weighted by Crippen LogP contribution is 2.27. The molecule has 2 heterocycles. The van der Waals surface area contributed by atoms with Gasteiger partial charge in [0.15, 0.2) is 0 Å². The topological polar surface area (TPSA) is 22.2 Å². The minimum absolute atomic E-state index is 0.630. The van der Waals surface area contributed by atoms with Gasteiger partial charge in [0.25, 0.3) is 0 Å². The zero-order chi connectivity index (χ0) is 15.8. The molecule has 0 aliphatic rings. The fourth-order valence-electron chi connectivity index (χ4n) is 2.94. The first-order chi connectivity index (χ1) is 11.3. The minimum atomic E-state index is 0.630. The summed E-state index contributed by atoms with van der Waals surface area (Å²) in [5.41, 5.74) is 4.37. The molecule has 0 spiro atoms. The Morgan fingerprint density at radius 3 is 2.57 bits per heavy atom. The molecule has 0 saturated heterocycles. The van der Waals surface area contributed by atoms with Crippen molar-refractivity contribution >= 4 is 40.0 Å². The Morgan fingerprint density at radius 1 is 1.00 bits per heavy atom. The molecule has 23 heavy (non-hydrogen) atoms. The largest absolute Gasteiger partial charge is 0.310 e. The standard InChI is InChI=1S/C18H15Cl2N3/c19-10-3-11-22-17(13-6-8-14(20)9-7-13)12-23-16-5-2-1-4-15(16)21-18(22)23/h1-2,4-9,12H,3,10-11H2. The molecule has 0 amide bonds. The van der Waals surface area contributed by atoms with E-state index in [0.29, 0.717) is 5.88 Å². The molecular formula is C18H15Cl2N3. The Bertz CT molecular complexity index is 967. The van der Waals surface area contributed by atoms with Gasteiger partial charge >= 0.3 is 0 Å². The predicted molar refractivity (Wildman–Crippen MR) is 96.5 cm³/mol. The van der Waals surface area contributed by atoms with Gasteiger partial charge in [-0.2, -0.15) is 0 Å². The van der Waals surface area contributed by atoms with Gasteiger partial charge in [-0.05, 0) is 36.2 Å². The summed E-state index contributed by atoms with van der Waals surface area (Å²) in [5, 5.41) is 0.739. The van der Waals surface area contributed by atoms with E-state index in [9.17, 15) is 0 Å². The summed E-state index contributed by atoms with van der Waals surface area (Å²) in [6.07, 6.45) is 3.04. The van der Waals surface area contributed by atoms with E-state index in [0.717, 1.165) is 46.1 Å². The fraction of sp³-hybridized carbons (Fsp3) is 0.167. The van der Waals surface area contributed by atoms with Gasteiger partial charge in [-0.1, -0.05) is 35.9 Å². The molecule has 0 aliphatic heterocycles. The van der Waals surface area contributed by atoms with Crippen molar-refractivity contribution in [1.82, 2.24) is 14.0 Å². The quantitative estimate of drug-likeness (QED) is 0.464. The lowest BCUT2D eigenvalue weighted by atomic mass is 10.1. The number of alkyl halides is 1. The molecule has 4 rings (SSSR count). The Labute approximate surface area is 144 Å². The van der Waals surface area contributed by atoms with Crippen LogP contribution >= 0.6 is 23.2 Å². The molecule has 2 aromatic heterocycles. The Morgan fingerprint density at radius 2 is 1.78 bits per heavy atom. The average molecular weight is 344 g/mol. The van der Waals surface area contributed by atoms with E-state index in [1.54, 1.807) is 0 Å². The first-order valence-corrected chi connectivity index (χ1v) is 8.47. The summed E-state index contributed by atoms with van der Waals surface area (Å²) in [4.78, 5) is 4.79. The molecule has 0 unspecified atom stereocenters. The predicted octanol–water partition coefficient (Wildman–Crippen LogP) is 5.24. The number of rotatable bonds is 4. The van der Waals surface area contributed by atoms with E-state index in [1.165, 1.54) is 0 Å². The van der Waals surface area contributed by atoms with Gasteiger partial charge in [-0.15, -0.1) is 11.6 Å². The zero-order valence-corrected chi connectivity index (χ0v) is 13.9. The van der Waals surface area contributed by atoms with Crippen molar-refractivity contribution in [1.29, 1.82) is 0 Å². The lowest BCUT2D eigenvalue weighted by Crippen LogP contribution is -2.01. The molecule has 0 atom stereocenters.